The molecule has 0 aliphatic rings. The maximum atomic E-state index is 3.67. The molecule has 0 saturated heterocycles. The van der Waals surface area contributed by atoms with Gasteiger partial charge in [0.2, 0.25) is 0 Å². The number of thiophene rings is 1. The summed E-state index contributed by atoms with van der Waals surface area (Å²) < 4.78 is 1.35. The molecule has 0 amide bonds. The molecule has 2 aromatic rings. The molecule has 0 radical (unpaired) electrons. The maximum Gasteiger partial charge on any atom is 0.0656 e. The summed E-state index contributed by atoms with van der Waals surface area (Å²) >= 11 is 4.21. The minimum absolute atomic E-state index is 0.319. The number of benzene rings is 1. The molecule has 0 aliphatic carbocycles. The second-order valence-corrected chi connectivity index (χ2v) is 7.72. The Kier molecular flexibility index (Phi) is 5.42. The first kappa shape index (κ1) is 15.0. The van der Waals surface area contributed by atoms with Gasteiger partial charge in [-0.3, -0.25) is 0 Å². The second-order valence-electron chi connectivity index (χ2n) is 4.91. The van der Waals surface area contributed by atoms with Gasteiger partial charge in [0.15, 0.2) is 0 Å². The summed E-state index contributed by atoms with van der Waals surface area (Å²) in [6.45, 7) is 7.61. The Bertz CT molecular complexity index is 547. The molecule has 1 heterocycles. The normalized spacial score (nSPS) is 12.6. The topological polar surface area (TPSA) is 12.0 Å². The van der Waals surface area contributed by atoms with Gasteiger partial charge in [-0.05, 0) is 83.1 Å². The van der Waals surface area contributed by atoms with E-state index in [1.54, 1.807) is 0 Å². The predicted molar refractivity (Wildman–Crippen MR) is 93.1 cm³/mol. The van der Waals surface area contributed by atoms with Gasteiger partial charge in [0.25, 0.3) is 0 Å². The lowest BCUT2D eigenvalue weighted by Crippen LogP contribution is -2.22. The van der Waals surface area contributed by atoms with Crippen LogP contribution in [0.4, 0.5) is 0 Å². The number of aryl methyl sites for hydroxylation is 2. The van der Waals surface area contributed by atoms with Crippen LogP contribution in [0, 0.1) is 16.7 Å². The molecule has 3 heteroatoms. The fourth-order valence-electron chi connectivity index (χ4n) is 2.14. The quantitative estimate of drug-likeness (QED) is 0.710. The Morgan fingerprint density at radius 1 is 1.16 bits per heavy atom. The molecule has 0 spiro atoms. The first-order chi connectivity index (χ1) is 9.11. The van der Waals surface area contributed by atoms with E-state index in [9.17, 15) is 0 Å². The van der Waals surface area contributed by atoms with Gasteiger partial charge in [-0.15, -0.1) is 11.3 Å². The summed E-state index contributed by atoms with van der Waals surface area (Å²) in [5.74, 6) is 0. The van der Waals surface area contributed by atoms with Gasteiger partial charge in [0, 0.05) is 0 Å². The van der Waals surface area contributed by atoms with Crippen LogP contribution in [0.3, 0.4) is 0 Å². The number of rotatable bonds is 5. The smallest absolute Gasteiger partial charge is 0.0656 e. The summed E-state index contributed by atoms with van der Waals surface area (Å²) in [5, 5.41) is 5.93. The zero-order chi connectivity index (χ0) is 13.8. The highest BCUT2D eigenvalue weighted by Crippen LogP contribution is 2.28. The van der Waals surface area contributed by atoms with Crippen molar-refractivity contribution in [3.63, 3.8) is 0 Å². The van der Waals surface area contributed by atoms with Crippen molar-refractivity contribution in [2.45, 2.75) is 33.2 Å². The van der Waals surface area contributed by atoms with Gasteiger partial charge in [-0.25, -0.2) is 0 Å². The lowest BCUT2D eigenvalue weighted by molar-refractivity contribution is 0.599. The molecule has 1 N–H and O–H groups in total. The van der Waals surface area contributed by atoms with Crippen molar-refractivity contribution < 1.29 is 0 Å². The molecule has 1 aromatic heterocycles. The van der Waals surface area contributed by atoms with E-state index in [0.717, 1.165) is 13.0 Å². The highest BCUT2D eigenvalue weighted by atomic mass is 127. The van der Waals surface area contributed by atoms with Gasteiger partial charge in [-0.2, -0.15) is 0 Å². The molecule has 0 saturated carbocycles. The van der Waals surface area contributed by atoms with Crippen molar-refractivity contribution in [1.29, 1.82) is 0 Å². The zero-order valence-corrected chi connectivity index (χ0v) is 14.6. The van der Waals surface area contributed by atoms with E-state index >= 15 is 0 Å². The van der Waals surface area contributed by atoms with E-state index in [4.69, 9.17) is 0 Å². The second kappa shape index (κ2) is 6.86. The van der Waals surface area contributed by atoms with Crippen LogP contribution in [0.1, 0.15) is 41.6 Å². The SMILES string of the molecule is CCCNC(c1csc(I)c1)c1ccc(C)c(C)c1. The van der Waals surface area contributed by atoms with Crippen molar-refractivity contribution in [2.75, 3.05) is 6.54 Å². The molecule has 1 aromatic carbocycles. The van der Waals surface area contributed by atoms with Crippen LogP contribution < -0.4 is 5.32 Å². The standard InChI is InChI=1S/C16H20INS/c1-4-7-18-16(14-9-15(17)19-10-14)13-6-5-11(2)12(3)8-13/h5-6,8-10,16,18H,4,7H2,1-3H3. The fourth-order valence-corrected chi connectivity index (χ4v) is 3.53. The molecule has 0 bridgehead atoms. The largest absolute Gasteiger partial charge is 0.306 e. The van der Waals surface area contributed by atoms with Crippen molar-refractivity contribution in [3.8, 4) is 0 Å². The average Bonchev–Trinajstić information content (AvgIpc) is 2.80. The van der Waals surface area contributed by atoms with E-state index < -0.39 is 0 Å². The molecule has 1 unspecified atom stereocenters. The lowest BCUT2D eigenvalue weighted by Gasteiger charge is -2.19. The van der Waals surface area contributed by atoms with Crippen LogP contribution in [0.5, 0.6) is 0 Å². The van der Waals surface area contributed by atoms with E-state index in [1.807, 2.05) is 11.3 Å². The third-order valence-corrected chi connectivity index (χ3v) is 5.19. The van der Waals surface area contributed by atoms with Crippen molar-refractivity contribution >= 4 is 33.9 Å². The number of hydrogen-bond donors (Lipinski definition) is 1. The molecule has 102 valence electrons. The van der Waals surface area contributed by atoms with Crippen molar-refractivity contribution in [3.05, 3.63) is 54.8 Å². The number of nitrogens with one attached hydrogen (secondary N) is 1. The molecule has 0 fully saturated rings. The van der Waals surface area contributed by atoms with Crippen LogP contribution in [0.25, 0.3) is 0 Å². The Morgan fingerprint density at radius 2 is 1.95 bits per heavy atom. The van der Waals surface area contributed by atoms with E-state index in [0.29, 0.717) is 6.04 Å². The highest BCUT2D eigenvalue weighted by Gasteiger charge is 2.15. The minimum atomic E-state index is 0.319. The van der Waals surface area contributed by atoms with Gasteiger partial charge in [-0.1, -0.05) is 25.1 Å². The van der Waals surface area contributed by atoms with E-state index in [-0.39, 0.29) is 0 Å². The van der Waals surface area contributed by atoms with Crippen molar-refractivity contribution in [1.82, 2.24) is 5.32 Å². The van der Waals surface area contributed by atoms with Gasteiger partial charge in [0.1, 0.15) is 0 Å². The summed E-state index contributed by atoms with van der Waals surface area (Å²) in [7, 11) is 0. The van der Waals surface area contributed by atoms with Crippen LogP contribution in [0.15, 0.2) is 29.6 Å². The summed E-state index contributed by atoms with van der Waals surface area (Å²) in [4.78, 5) is 0. The molecule has 1 nitrogen and oxygen atoms in total. The van der Waals surface area contributed by atoms with Crippen LogP contribution in [-0.2, 0) is 0 Å². The minimum Gasteiger partial charge on any atom is -0.306 e. The Morgan fingerprint density at radius 3 is 2.53 bits per heavy atom. The molecule has 0 aliphatic heterocycles. The van der Waals surface area contributed by atoms with Crippen molar-refractivity contribution in [2.24, 2.45) is 0 Å². The van der Waals surface area contributed by atoms with Gasteiger partial charge in [0.05, 0.1) is 8.93 Å². The lowest BCUT2D eigenvalue weighted by atomic mass is 9.97. The molecule has 2 rings (SSSR count). The summed E-state index contributed by atoms with van der Waals surface area (Å²) in [6, 6.07) is 9.39. The molecular weight excluding hydrogens is 365 g/mol. The monoisotopic (exact) mass is 385 g/mol. The highest BCUT2D eigenvalue weighted by molar-refractivity contribution is 14.1. The third-order valence-electron chi connectivity index (χ3n) is 3.38. The maximum absolute atomic E-state index is 3.67. The summed E-state index contributed by atoms with van der Waals surface area (Å²) in [5.41, 5.74) is 5.47. The van der Waals surface area contributed by atoms with Gasteiger partial charge < -0.3 is 5.32 Å². The third kappa shape index (κ3) is 3.80. The van der Waals surface area contributed by atoms with E-state index in [2.05, 4.69) is 78.3 Å². The Labute approximate surface area is 133 Å². The number of halogens is 1. The summed E-state index contributed by atoms with van der Waals surface area (Å²) in [6.07, 6.45) is 1.16. The Balaban J connectivity index is 2.33. The van der Waals surface area contributed by atoms with Crippen LogP contribution in [0.2, 0.25) is 0 Å². The van der Waals surface area contributed by atoms with Gasteiger partial charge >= 0.3 is 0 Å². The fraction of sp³-hybridized carbons (Fsp3) is 0.375. The van der Waals surface area contributed by atoms with Crippen LogP contribution in [-0.4, -0.2) is 6.54 Å². The molecule has 1 atom stereocenters. The zero-order valence-electron chi connectivity index (χ0n) is 11.7. The Hall–Kier alpha value is -0.390. The number of hydrogen-bond acceptors (Lipinski definition) is 2. The molecular formula is C16H20INS. The first-order valence-corrected chi connectivity index (χ1v) is 8.62. The average molecular weight is 385 g/mol. The van der Waals surface area contributed by atoms with Crippen LogP contribution >= 0.6 is 33.9 Å². The predicted octanol–water partition coefficient (Wildman–Crippen LogP) is 5.06. The molecule has 19 heavy (non-hydrogen) atoms. The first-order valence-electron chi connectivity index (χ1n) is 6.66. The van der Waals surface area contributed by atoms with E-state index in [1.165, 1.54) is 25.1 Å².